The van der Waals surface area contributed by atoms with Gasteiger partial charge in [-0.15, -0.1) is 0 Å². The van der Waals surface area contributed by atoms with Crippen LogP contribution in [0.15, 0.2) is 30.3 Å². The molecule has 1 aliphatic rings. The van der Waals surface area contributed by atoms with Gasteiger partial charge < -0.3 is 25.5 Å². The molecule has 1 aliphatic heterocycles. The second kappa shape index (κ2) is 11.2. The summed E-state index contributed by atoms with van der Waals surface area (Å²) < 4.78 is 5.19. The smallest absolute Gasteiger partial charge is 0.408 e. The van der Waals surface area contributed by atoms with Gasteiger partial charge in [-0.05, 0) is 30.7 Å². The third kappa shape index (κ3) is 7.56. The van der Waals surface area contributed by atoms with Crippen LogP contribution in [0.4, 0.5) is 4.79 Å². The molecule has 3 amide bonds. The third-order valence-electron chi connectivity index (χ3n) is 4.72. The molecule has 1 saturated heterocycles. The minimum Gasteiger partial charge on any atom is -0.445 e. The van der Waals surface area contributed by atoms with Crippen LogP contribution in [-0.2, 0) is 25.7 Å². The van der Waals surface area contributed by atoms with Crippen LogP contribution in [0.2, 0.25) is 0 Å². The van der Waals surface area contributed by atoms with E-state index in [1.54, 1.807) is 0 Å². The zero-order valence-corrected chi connectivity index (χ0v) is 16.9. The van der Waals surface area contributed by atoms with Crippen molar-refractivity contribution in [1.82, 2.24) is 16.0 Å². The summed E-state index contributed by atoms with van der Waals surface area (Å²) in [7, 11) is 0. The number of benzene rings is 1. The average Bonchev–Trinajstić information content (AvgIpc) is 3.10. The number of aldehydes is 1. The molecular formula is C21H29N3O5. The largest absolute Gasteiger partial charge is 0.445 e. The van der Waals surface area contributed by atoms with Crippen molar-refractivity contribution in [3.8, 4) is 0 Å². The first-order valence-corrected chi connectivity index (χ1v) is 9.89. The number of alkyl carbamates (subject to hydrolysis) is 1. The molecule has 3 atom stereocenters. The maximum atomic E-state index is 12.7. The highest BCUT2D eigenvalue weighted by Crippen LogP contribution is 2.16. The number of carbonyl (C=O) groups excluding carboxylic acids is 4. The molecule has 1 aromatic carbocycles. The van der Waals surface area contributed by atoms with Crippen molar-refractivity contribution < 1.29 is 23.9 Å². The molecule has 0 unspecified atom stereocenters. The van der Waals surface area contributed by atoms with Gasteiger partial charge in [-0.25, -0.2) is 4.79 Å². The summed E-state index contributed by atoms with van der Waals surface area (Å²) in [6, 6.07) is 7.60. The fourth-order valence-corrected chi connectivity index (χ4v) is 3.22. The number of hydrogen-bond acceptors (Lipinski definition) is 5. The Morgan fingerprint density at radius 2 is 1.97 bits per heavy atom. The predicted molar refractivity (Wildman–Crippen MR) is 107 cm³/mol. The molecule has 8 heteroatoms. The second-order valence-corrected chi connectivity index (χ2v) is 7.65. The number of ether oxygens (including phenoxy) is 1. The Kier molecular flexibility index (Phi) is 8.64. The van der Waals surface area contributed by atoms with E-state index in [1.165, 1.54) is 0 Å². The van der Waals surface area contributed by atoms with Gasteiger partial charge in [0.25, 0.3) is 0 Å². The van der Waals surface area contributed by atoms with E-state index in [1.807, 2.05) is 44.2 Å². The molecule has 0 saturated carbocycles. The first-order valence-electron chi connectivity index (χ1n) is 9.89. The first kappa shape index (κ1) is 22.4. The molecule has 0 bridgehead atoms. The molecule has 0 radical (unpaired) electrons. The fraction of sp³-hybridized carbons (Fsp3) is 0.524. The molecule has 29 heavy (non-hydrogen) atoms. The maximum absolute atomic E-state index is 12.7. The summed E-state index contributed by atoms with van der Waals surface area (Å²) >= 11 is 0. The number of carbonyl (C=O) groups is 4. The van der Waals surface area contributed by atoms with Gasteiger partial charge in [0.05, 0.1) is 6.04 Å². The Bertz CT molecular complexity index is 708. The summed E-state index contributed by atoms with van der Waals surface area (Å²) in [6.07, 6.45) is 1.20. The van der Waals surface area contributed by atoms with Crippen LogP contribution in [0, 0.1) is 11.8 Å². The first-order chi connectivity index (χ1) is 13.9. The standard InChI is InChI=1S/C21H29N3O5/c1-14(2)10-18(24-21(28)29-13-15-6-4-3-5-7-15)20(27)23-17(12-25)11-16-8-9-22-19(16)26/h3-7,12,14,16-18H,8-11,13H2,1-2H3,(H,22,26)(H,23,27)(H,24,28)/t16-,17-,18-/m0/s1. The number of hydrogen-bond donors (Lipinski definition) is 3. The summed E-state index contributed by atoms with van der Waals surface area (Å²) in [5.41, 5.74) is 0.836. The normalized spacial score (nSPS) is 17.9. The van der Waals surface area contributed by atoms with Gasteiger partial charge in [0.2, 0.25) is 11.8 Å². The zero-order chi connectivity index (χ0) is 21.2. The van der Waals surface area contributed by atoms with E-state index in [4.69, 9.17) is 4.74 Å². The van der Waals surface area contributed by atoms with Crippen LogP contribution in [0.5, 0.6) is 0 Å². The van der Waals surface area contributed by atoms with Crippen molar-refractivity contribution in [1.29, 1.82) is 0 Å². The van der Waals surface area contributed by atoms with Gasteiger partial charge in [-0.3, -0.25) is 9.59 Å². The van der Waals surface area contributed by atoms with Crippen molar-refractivity contribution in [3.05, 3.63) is 35.9 Å². The molecule has 1 heterocycles. The minimum absolute atomic E-state index is 0.0937. The van der Waals surface area contributed by atoms with Gasteiger partial charge >= 0.3 is 6.09 Å². The van der Waals surface area contributed by atoms with Gasteiger partial charge in [0.15, 0.2) is 0 Å². The Morgan fingerprint density at radius 3 is 2.55 bits per heavy atom. The summed E-state index contributed by atoms with van der Waals surface area (Å²) in [5.74, 6) is -0.730. The highest BCUT2D eigenvalue weighted by molar-refractivity contribution is 5.88. The molecule has 0 spiro atoms. The molecular weight excluding hydrogens is 374 g/mol. The highest BCUT2D eigenvalue weighted by Gasteiger charge is 2.30. The van der Waals surface area contributed by atoms with E-state index in [0.717, 1.165) is 5.56 Å². The number of rotatable bonds is 10. The molecule has 3 N–H and O–H groups in total. The topological polar surface area (TPSA) is 114 Å². The molecule has 158 valence electrons. The molecule has 2 rings (SSSR count). The van der Waals surface area contributed by atoms with Crippen LogP contribution >= 0.6 is 0 Å². The van der Waals surface area contributed by atoms with Crippen molar-refractivity contribution in [2.24, 2.45) is 11.8 Å². The second-order valence-electron chi connectivity index (χ2n) is 7.65. The lowest BCUT2D eigenvalue weighted by molar-refractivity contribution is -0.127. The molecule has 8 nitrogen and oxygen atoms in total. The predicted octanol–water partition coefficient (Wildman–Crippen LogP) is 1.54. The summed E-state index contributed by atoms with van der Waals surface area (Å²) in [6.45, 7) is 4.53. The number of nitrogens with one attached hydrogen (secondary N) is 3. The Hall–Kier alpha value is -2.90. The summed E-state index contributed by atoms with van der Waals surface area (Å²) in [4.78, 5) is 47.9. The van der Waals surface area contributed by atoms with Crippen LogP contribution in [0.1, 0.15) is 38.7 Å². The maximum Gasteiger partial charge on any atom is 0.408 e. The van der Waals surface area contributed by atoms with Crippen molar-refractivity contribution >= 4 is 24.2 Å². The van der Waals surface area contributed by atoms with Gasteiger partial charge in [-0.2, -0.15) is 0 Å². The van der Waals surface area contributed by atoms with Gasteiger partial charge in [0.1, 0.15) is 18.9 Å². The zero-order valence-electron chi connectivity index (χ0n) is 16.9. The Labute approximate surface area is 170 Å². The minimum atomic E-state index is -0.835. The number of amides is 3. The quantitative estimate of drug-likeness (QED) is 0.513. The van der Waals surface area contributed by atoms with Crippen molar-refractivity contribution in [3.63, 3.8) is 0 Å². The third-order valence-corrected chi connectivity index (χ3v) is 4.72. The van der Waals surface area contributed by atoms with E-state index in [-0.39, 0.29) is 30.8 Å². The average molecular weight is 403 g/mol. The van der Waals surface area contributed by atoms with Crippen LogP contribution in [-0.4, -0.2) is 42.8 Å². The molecule has 0 aliphatic carbocycles. The highest BCUT2D eigenvalue weighted by atomic mass is 16.5. The lowest BCUT2D eigenvalue weighted by atomic mass is 9.98. The van der Waals surface area contributed by atoms with Crippen molar-refractivity contribution in [2.45, 2.75) is 51.8 Å². The van der Waals surface area contributed by atoms with E-state index in [9.17, 15) is 19.2 Å². The van der Waals surface area contributed by atoms with E-state index >= 15 is 0 Å². The van der Waals surface area contributed by atoms with Crippen molar-refractivity contribution in [2.75, 3.05) is 6.54 Å². The van der Waals surface area contributed by atoms with Gasteiger partial charge in [-0.1, -0.05) is 44.2 Å². The fourth-order valence-electron chi connectivity index (χ4n) is 3.22. The molecule has 1 aromatic rings. The van der Waals surface area contributed by atoms with E-state index < -0.39 is 24.1 Å². The van der Waals surface area contributed by atoms with Crippen LogP contribution < -0.4 is 16.0 Å². The Morgan fingerprint density at radius 1 is 1.24 bits per heavy atom. The van der Waals surface area contributed by atoms with E-state index in [0.29, 0.717) is 25.7 Å². The molecule has 1 fully saturated rings. The SMILES string of the molecule is CC(C)C[C@H](NC(=O)OCc1ccccc1)C(=O)N[C@H](C=O)C[C@@H]1CCNC1=O. The lowest BCUT2D eigenvalue weighted by Gasteiger charge is -2.23. The van der Waals surface area contributed by atoms with E-state index in [2.05, 4.69) is 16.0 Å². The lowest BCUT2D eigenvalue weighted by Crippen LogP contribution is -2.51. The Balaban J connectivity index is 1.90. The van der Waals surface area contributed by atoms with Gasteiger partial charge in [0, 0.05) is 12.5 Å². The summed E-state index contributed by atoms with van der Waals surface area (Å²) in [5, 5.41) is 7.94. The molecule has 0 aromatic heterocycles. The van der Waals surface area contributed by atoms with Crippen LogP contribution in [0.25, 0.3) is 0 Å². The van der Waals surface area contributed by atoms with Crippen LogP contribution in [0.3, 0.4) is 0 Å². The monoisotopic (exact) mass is 403 g/mol.